The SMILES string of the molecule is COC(=O)[C@H]1C[C@@H](C(=O)OC)[C@@H](C)N1O. The van der Waals surface area contributed by atoms with Crippen molar-refractivity contribution < 1.29 is 24.3 Å². The summed E-state index contributed by atoms with van der Waals surface area (Å²) in [6.45, 7) is 1.66. The van der Waals surface area contributed by atoms with Gasteiger partial charge in [0.25, 0.3) is 0 Å². The van der Waals surface area contributed by atoms with E-state index in [2.05, 4.69) is 9.47 Å². The van der Waals surface area contributed by atoms with E-state index < -0.39 is 29.9 Å². The third kappa shape index (κ3) is 2.10. The smallest absolute Gasteiger partial charge is 0.325 e. The number of ether oxygens (including phenoxy) is 2. The standard InChI is InChI=1S/C9H15NO5/c1-5-6(8(11)14-2)4-7(10(5)13)9(12)15-3/h5-7,13H,4H2,1-3H3/t5-,6-,7-/m1/s1. The largest absolute Gasteiger partial charge is 0.469 e. The summed E-state index contributed by atoms with van der Waals surface area (Å²) < 4.78 is 9.11. The van der Waals surface area contributed by atoms with Crippen molar-refractivity contribution in [2.45, 2.75) is 25.4 Å². The van der Waals surface area contributed by atoms with Crippen molar-refractivity contribution in [3.8, 4) is 0 Å². The average molecular weight is 217 g/mol. The van der Waals surface area contributed by atoms with Crippen LogP contribution in [0.2, 0.25) is 0 Å². The molecule has 6 nitrogen and oxygen atoms in total. The number of esters is 2. The maximum Gasteiger partial charge on any atom is 0.325 e. The van der Waals surface area contributed by atoms with E-state index in [0.717, 1.165) is 5.06 Å². The number of carbonyl (C=O) groups excluding carboxylic acids is 2. The third-order valence-electron chi connectivity index (χ3n) is 2.77. The molecule has 0 unspecified atom stereocenters. The van der Waals surface area contributed by atoms with E-state index in [0.29, 0.717) is 0 Å². The van der Waals surface area contributed by atoms with Crippen LogP contribution in [0.15, 0.2) is 0 Å². The molecule has 0 aromatic carbocycles. The highest BCUT2D eigenvalue weighted by atomic mass is 16.5. The van der Waals surface area contributed by atoms with E-state index in [1.54, 1.807) is 6.92 Å². The molecule has 86 valence electrons. The molecule has 6 heteroatoms. The fourth-order valence-corrected chi connectivity index (χ4v) is 1.80. The Labute approximate surface area is 87.7 Å². The zero-order valence-electron chi connectivity index (χ0n) is 8.97. The maximum atomic E-state index is 11.3. The van der Waals surface area contributed by atoms with Gasteiger partial charge in [0.2, 0.25) is 0 Å². The van der Waals surface area contributed by atoms with E-state index in [4.69, 9.17) is 0 Å². The third-order valence-corrected chi connectivity index (χ3v) is 2.77. The fourth-order valence-electron chi connectivity index (χ4n) is 1.80. The molecule has 0 radical (unpaired) electrons. The number of hydrogen-bond donors (Lipinski definition) is 1. The Balaban J connectivity index is 2.75. The second-order valence-electron chi connectivity index (χ2n) is 3.52. The van der Waals surface area contributed by atoms with Gasteiger partial charge in [0.05, 0.1) is 20.1 Å². The lowest BCUT2D eigenvalue weighted by Gasteiger charge is -2.19. The first-order valence-electron chi connectivity index (χ1n) is 4.65. The monoisotopic (exact) mass is 217 g/mol. The normalized spacial score (nSPS) is 31.3. The molecule has 1 fully saturated rings. The van der Waals surface area contributed by atoms with Crippen molar-refractivity contribution in [3.05, 3.63) is 0 Å². The minimum Gasteiger partial charge on any atom is -0.469 e. The number of hydroxylamine groups is 2. The summed E-state index contributed by atoms with van der Waals surface area (Å²) in [5, 5.41) is 10.5. The van der Waals surface area contributed by atoms with Crippen LogP contribution < -0.4 is 0 Å². The zero-order valence-corrected chi connectivity index (χ0v) is 8.97. The van der Waals surface area contributed by atoms with Gasteiger partial charge in [-0.25, -0.2) is 0 Å². The van der Waals surface area contributed by atoms with Crippen LogP contribution in [0, 0.1) is 5.92 Å². The van der Waals surface area contributed by atoms with Crippen LogP contribution >= 0.6 is 0 Å². The molecule has 1 N–H and O–H groups in total. The first kappa shape index (κ1) is 11.9. The fraction of sp³-hybridized carbons (Fsp3) is 0.778. The number of methoxy groups -OCH3 is 2. The first-order valence-corrected chi connectivity index (χ1v) is 4.65. The molecule has 0 bridgehead atoms. The van der Waals surface area contributed by atoms with E-state index in [1.807, 2.05) is 0 Å². The second kappa shape index (κ2) is 4.59. The molecule has 0 amide bonds. The van der Waals surface area contributed by atoms with E-state index in [1.165, 1.54) is 14.2 Å². The topological polar surface area (TPSA) is 76.1 Å². The van der Waals surface area contributed by atoms with Gasteiger partial charge in [0.1, 0.15) is 6.04 Å². The summed E-state index contributed by atoms with van der Waals surface area (Å²) >= 11 is 0. The molecule has 1 rings (SSSR count). The Morgan fingerprint density at radius 1 is 1.27 bits per heavy atom. The highest BCUT2D eigenvalue weighted by Gasteiger charge is 2.46. The molecule has 1 saturated heterocycles. The Morgan fingerprint density at radius 2 is 1.80 bits per heavy atom. The van der Waals surface area contributed by atoms with E-state index in [9.17, 15) is 14.8 Å². The van der Waals surface area contributed by atoms with Crippen molar-refractivity contribution in [3.63, 3.8) is 0 Å². The van der Waals surface area contributed by atoms with Crippen molar-refractivity contribution >= 4 is 11.9 Å². The van der Waals surface area contributed by atoms with Gasteiger partial charge in [-0.2, -0.15) is 5.06 Å². The highest BCUT2D eigenvalue weighted by Crippen LogP contribution is 2.29. The quantitative estimate of drug-likeness (QED) is 0.645. The van der Waals surface area contributed by atoms with Gasteiger partial charge in [0.15, 0.2) is 0 Å². The van der Waals surface area contributed by atoms with Crippen LogP contribution in [-0.4, -0.2) is 48.5 Å². The predicted octanol–water partition coefficient (Wildman–Crippen LogP) is -0.199. The molecular weight excluding hydrogens is 202 g/mol. The Kier molecular flexibility index (Phi) is 3.65. The molecule has 0 spiro atoms. The summed E-state index contributed by atoms with van der Waals surface area (Å²) in [6.07, 6.45) is 0.219. The lowest BCUT2D eigenvalue weighted by atomic mass is 10.0. The summed E-state index contributed by atoms with van der Waals surface area (Å²) in [6, 6.07) is -1.23. The number of carbonyl (C=O) groups is 2. The van der Waals surface area contributed by atoms with Gasteiger partial charge < -0.3 is 14.7 Å². The van der Waals surface area contributed by atoms with Gasteiger partial charge >= 0.3 is 11.9 Å². The number of nitrogens with zero attached hydrogens (tertiary/aromatic N) is 1. The van der Waals surface area contributed by atoms with Crippen molar-refractivity contribution in [2.75, 3.05) is 14.2 Å². The Hall–Kier alpha value is -1.14. The molecule has 0 aliphatic carbocycles. The molecule has 1 aliphatic heterocycles. The molecule has 0 aromatic heterocycles. The predicted molar refractivity (Wildman–Crippen MR) is 49.0 cm³/mol. The summed E-state index contributed by atoms with van der Waals surface area (Å²) in [7, 11) is 2.52. The number of rotatable bonds is 2. The minimum atomic E-state index is -0.783. The van der Waals surface area contributed by atoms with E-state index in [-0.39, 0.29) is 6.42 Å². The maximum absolute atomic E-state index is 11.3. The van der Waals surface area contributed by atoms with Crippen LogP contribution in [0.1, 0.15) is 13.3 Å². The van der Waals surface area contributed by atoms with Crippen LogP contribution in [-0.2, 0) is 19.1 Å². The van der Waals surface area contributed by atoms with Gasteiger partial charge in [-0.1, -0.05) is 0 Å². The summed E-state index contributed by atoms with van der Waals surface area (Å²) in [5.74, 6) is -1.46. The molecule has 0 aromatic rings. The minimum absolute atomic E-state index is 0.219. The zero-order chi connectivity index (χ0) is 11.6. The molecule has 0 saturated carbocycles. The Bertz CT molecular complexity index is 241. The van der Waals surface area contributed by atoms with Crippen molar-refractivity contribution in [1.82, 2.24) is 5.06 Å². The van der Waals surface area contributed by atoms with Crippen molar-refractivity contribution in [1.29, 1.82) is 0 Å². The van der Waals surface area contributed by atoms with Crippen LogP contribution in [0.5, 0.6) is 0 Å². The lowest BCUT2D eigenvalue weighted by molar-refractivity contribution is -0.174. The molecule has 15 heavy (non-hydrogen) atoms. The average Bonchev–Trinajstić information content (AvgIpc) is 2.54. The van der Waals surface area contributed by atoms with Gasteiger partial charge in [-0.3, -0.25) is 9.59 Å². The van der Waals surface area contributed by atoms with Gasteiger partial charge in [-0.05, 0) is 13.3 Å². The van der Waals surface area contributed by atoms with E-state index >= 15 is 0 Å². The summed E-state index contributed by atoms with van der Waals surface area (Å²) in [5.41, 5.74) is 0. The van der Waals surface area contributed by atoms with Crippen LogP contribution in [0.25, 0.3) is 0 Å². The number of hydrogen-bond acceptors (Lipinski definition) is 6. The van der Waals surface area contributed by atoms with Crippen molar-refractivity contribution in [2.24, 2.45) is 5.92 Å². The summed E-state index contributed by atoms with van der Waals surface area (Å²) in [4.78, 5) is 22.6. The second-order valence-corrected chi connectivity index (χ2v) is 3.52. The highest BCUT2D eigenvalue weighted by molar-refractivity contribution is 5.80. The van der Waals surface area contributed by atoms with Crippen LogP contribution in [0.4, 0.5) is 0 Å². The molecule has 1 aliphatic rings. The molecule has 3 atom stereocenters. The van der Waals surface area contributed by atoms with Gasteiger partial charge in [-0.15, -0.1) is 0 Å². The molecule has 1 heterocycles. The Morgan fingerprint density at radius 3 is 2.27 bits per heavy atom. The van der Waals surface area contributed by atoms with Crippen LogP contribution in [0.3, 0.4) is 0 Å². The van der Waals surface area contributed by atoms with Gasteiger partial charge in [0, 0.05) is 6.04 Å². The first-order chi connectivity index (χ1) is 7.02. The lowest BCUT2D eigenvalue weighted by Crippen LogP contribution is -2.38. The molecular formula is C9H15NO5.